The van der Waals surface area contributed by atoms with E-state index in [1.165, 1.54) is 0 Å². The summed E-state index contributed by atoms with van der Waals surface area (Å²) >= 11 is 0. The highest BCUT2D eigenvalue weighted by Crippen LogP contribution is 2.36. The van der Waals surface area contributed by atoms with Crippen molar-refractivity contribution in [1.29, 1.82) is 0 Å². The zero-order valence-corrected chi connectivity index (χ0v) is 8.06. The number of aliphatic carboxylic acids is 1. The number of hydrogen-bond acceptors (Lipinski definition) is 2. The Kier molecular flexibility index (Phi) is 2.19. The highest BCUT2D eigenvalue weighted by atomic mass is 16.4. The van der Waals surface area contributed by atoms with Crippen LogP contribution in [0.5, 0.6) is 0 Å². The average molecular weight is 205 g/mol. The van der Waals surface area contributed by atoms with Crippen LogP contribution < -0.4 is 5.32 Å². The number of carboxylic acid groups (broad SMARTS) is 1. The van der Waals surface area contributed by atoms with Crippen molar-refractivity contribution in [3.05, 3.63) is 35.4 Å². The Labute approximate surface area is 86.9 Å². The maximum absolute atomic E-state index is 11.3. The molecule has 4 nitrogen and oxygen atoms in total. The highest BCUT2D eigenvalue weighted by Gasteiger charge is 2.45. The first-order valence-corrected chi connectivity index (χ1v) is 4.74. The van der Waals surface area contributed by atoms with Crippen LogP contribution in [-0.2, 0) is 21.5 Å². The Bertz CT molecular complexity index is 416. The van der Waals surface area contributed by atoms with Gasteiger partial charge >= 0.3 is 5.97 Å². The Balaban J connectivity index is 2.53. The van der Waals surface area contributed by atoms with E-state index in [1.807, 2.05) is 12.1 Å². The molecule has 4 heteroatoms. The molecule has 1 aliphatic rings. The van der Waals surface area contributed by atoms with Gasteiger partial charge in [0.25, 0.3) is 0 Å². The summed E-state index contributed by atoms with van der Waals surface area (Å²) in [6.07, 6.45) is 1.56. The number of fused-ring (bicyclic) bond motifs is 1. The topological polar surface area (TPSA) is 66.4 Å². The molecule has 2 rings (SSSR count). The predicted molar refractivity (Wildman–Crippen MR) is 53.3 cm³/mol. The number of rotatable bonds is 3. The van der Waals surface area contributed by atoms with Crippen LogP contribution in [-0.4, -0.2) is 17.5 Å². The fourth-order valence-corrected chi connectivity index (χ4v) is 2.15. The second-order valence-corrected chi connectivity index (χ2v) is 3.63. The minimum absolute atomic E-state index is 0.417. The molecule has 0 aromatic heterocycles. The molecule has 1 aromatic rings. The SMILES string of the molecule is O=CNC1(C(=O)O)CCc2ccccc21. The third-order valence-corrected chi connectivity index (χ3v) is 2.92. The van der Waals surface area contributed by atoms with Crippen LogP contribution in [0.25, 0.3) is 0 Å². The van der Waals surface area contributed by atoms with E-state index in [0.717, 1.165) is 5.56 Å². The molecule has 0 radical (unpaired) electrons. The van der Waals surface area contributed by atoms with Gasteiger partial charge in [0.05, 0.1) is 0 Å². The minimum Gasteiger partial charge on any atom is -0.479 e. The van der Waals surface area contributed by atoms with E-state index in [1.54, 1.807) is 12.1 Å². The van der Waals surface area contributed by atoms with Crippen LogP contribution in [0.4, 0.5) is 0 Å². The normalized spacial score (nSPS) is 23.2. The Hall–Kier alpha value is -1.84. The summed E-state index contributed by atoms with van der Waals surface area (Å²) in [5, 5.41) is 11.7. The number of aryl methyl sites for hydroxylation is 1. The first-order chi connectivity index (χ1) is 7.20. The number of hydrogen-bond donors (Lipinski definition) is 2. The zero-order chi connectivity index (χ0) is 10.9. The van der Waals surface area contributed by atoms with Crippen LogP contribution in [0.15, 0.2) is 24.3 Å². The molecular formula is C11H11NO3. The van der Waals surface area contributed by atoms with Crippen LogP contribution >= 0.6 is 0 Å². The summed E-state index contributed by atoms with van der Waals surface area (Å²) in [4.78, 5) is 21.8. The van der Waals surface area contributed by atoms with E-state index in [-0.39, 0.29) is 0 Å². The van der Waals surface area contributed by atoms with Gasteiger partial charge in [-0.25, -0.2) is 4.79 Å². The summed E-state index contributed by atoms with van der Waals surface area (Å²) < 4.78 is 0. The van der Waals surface area contributed by atoms with Crippen LogP contribution in [0.3, 0.4) is 0 Å². The van der Waals surface area contributed by atoms with Crippen molar-refractivity contribution < 1.29 is 14.7 Å². The van der Waals surface area contributed by atoms with Crippen molar-refractivity contribution in [2.24, 2.45) is 0 Å². The lowest BCUT2D eigenvalue weighted by atomic mass is 9.92. The summed E-state index contributed by atoms with van der Waals surface area (Å²) in [6.45, 7) is 0. The van der Waals surface area contributed by atoms with E-state index in [4.69, 9.17) is 0 Å². The monoisotopic (exact) mass is 205 g/mol. The van der Waals surface area contributed by atoms with Gasteiger partial charge in [-0.15, -0.1) is 0 Å². The van der Waals surface area contributed by atoms with Gasteiger partial charge in [-0.3, -0.25) is 4.79 Å². The molecule has 0 spiro atoms. The van der Waals surface area contributed by atoms with Crippen molar-refractivity contribution in [3.63, 3.8) is 0 Å². The average Bonchev–Trinajstić information content (AvgIpc) is 2.60. The molecule has 0 saturated carbocycles. The maximum Gasteiger partial charge on any atom is 0.334 e. The van der Waals surface area contributed by atoms with E-state index in [9.17, 15) is 14.7 Å². The minimum atomic E-state index is -1.22. The zero-order valence-electron chi connectivity index (χ0n) is 8.06. The molecule has 0 bridgehead atoms. The fraction of sp³-hybridized carbons (Fsp3) is 0.273. The van der Waals surface area contributed by atoms with Crippen molar-refractivity contribution in [2.45, 2.75) is 18.4 Å². The molecule has 78 valence electrons. The largest absolute Gasteiger partial charge is 0.479 e. The lowest BCUT2D eigenvalue weighted by molar-refractivity contribution is -0.146. The molecule has 1 unspecified atom stereocenters. The molecule has 1 aromatic carbocycles. The number of nitrogens with one attached hydrogen (secondary N) is 1. The molecule has 15 heavy (non-hydrogen) atoms. The highest BCUT2D eigenvalue weighted by molar-refractivity contribution is 5.85. The van der Waals surface area contributed by atoms with E-state index < -0.39 is 11.5 Å². The number of carbonyl (C=O) groups is 2. The molecule has 0 saturated heterocycles. The van der Waals surface area contributed by atoms with Gasteiger partial charge in [0.1, 0.15) is 0 Å². The summed E-state index contributed by atoms with van der Waals surface area (Å²) in [5.41, 5.74) is 0.470. The Morgan fingerprint density at radius 3 is 2.87 bits per heavy atom. The standard InChI is InChI=1S/C11H11NO3/c13-7-12-11(10(14)15)6-5-8-3-1-2-4-9(8)11/h1-4,7H,5-6H2,(H,12,13)(H,14,15). The van der Waals surface area contributed by atoms with E-state index >= 15 is 0 Å². The van der Waals surface area contributed by atoms with Gasteiger partial charge in [0, 0.05) is 0 Å². The lowest BCUT2D eigenvalue weighted by Crippen LogP contribution is -2.46. The lowest BCUT2D eigenvalue weighted by Gasteiger charge is -2.24. The molecule has 0 aliphatic heterocycles. The van der Waals surface area contributed by atoms with Crippen molar-refractivity contribution in [1.82, 2.24) is 5.32 Å². The summed E-state index contributed by atoms with van der Waals surface area (Å²) in [7, 11) is 0. The van der Waals surface area contributed by atoms with Crippen LogP contribution in [0, 0.1) is 0 Å². The predicted octanol–water partition coefficient (Wildman–Crippen LogP) is 0.659. The van der Waals surface area contributed by atoms with Gasteiger partial charge < -0.3 is 10.4 Å². The first-order valence-electron chi connectivity index (χ1n) is 4.74. The number of carbonyl (C=O) groups excluding carboxylic acids is 1. The van der Waals surface area contributed by atoms with Crippen LogP contribution in [0.1, 0.15) is 17.5 Å². The first kappa shape index (κ1) is 9.71. The number of benzene rings is 1. The van der Waals surface area contributed by atoms with Crippen molar-refractivity contribution in [3.8, 4) is 0 Å². The molecular weight excluding hydrogens is 194 g/mol. The second kappa shape index (κ2) is 3.38. The third kappa shape index (κ3) is 1.29. The van der Waals surface area contributed by atoms with E-state index in [2.05, 4.69) is 5.32 Å². The maximum atomic E-state index is 11.3. The molecule has 2 N–H and O–H groups in total. The van der Waals surface area contributed by atoms with Gasteiger partial charge in [0.15, 0.2) is 5.54 Å². The smallest absolute Gasteiger partial charge is 0.334 e. The summed E-state index contributed by atoms with van der Waals surface area (Å²) in [6, 6.07) is 7.31. The van der Waals surface area contributed by atoms with Gasteiger partial charge in [-0.05, 0) is 24.0 Å². The fourth-order valence-electron chi connectivity index (χ4n) is 2.15. The quantitative estimate of drug-likeness (QED) is 0.712. The van der Waals surface area contributed by atoms with E-state index in [0.29, 0.717) is 24.8 Å². The van der Waals surface area contributed by atoms with Gasteiger partial charge in [-0.2, -0.15) is 0 Å². The van der Waals surface area contributed by atoms with Gasteiger partial charge in [0.2, 0.25) is 6.41 Å². The van der Waals surface area contributed by atoms with Crippen molar-refractivity contribution in [2.75, 3.05) is 0 Å². The third-order valence-electron chi connectivity index (χ3n) is 2.92. The number of amides is 1. The molecule has 0 fully saturated rings. The Morgan fingerprint density at radius 1 is 1.47 bits per heavy atom. The molecule has 1 aliphatic carbocycles. The van der Waals surface area contributed by atoms with Crippen molar-refractivity contribution >= 4 is 12.4 Å². The molecule has 0 heterocycles. The number of carboxylic acids is 1. The second-order valence-electron chi connectivity index (χ2n) is 3.63. The Morgan fingerprint density at radius 2 is 2.20 bits per heavy atom. The molecule has 1 amide bonds. The molecule has 1 atom stereocenters. The summed E-state index contributed by atoms with van der Waals surface area (Å²) in [5.74, 6) is -1.00. The van der Waals surface area contributed by atoms with Gasteiger partial charge in [-0.1, -0.05) is 24.3 Å². The van der Waals surface area contributed by atoms with Crippen LogP contribution in [0.2, 0.25) is 0 Å².